The Balaban J connectivity index is 2.87. The molecule has 1 aromatic heterocycles. The van der Waals surface area contributed by atoms with Gasteiger partial charge < -0.3 is 4.52 Å². The van der Waals surface area contributed by atoms with Crippen LogP contribution in [0.3, 0.4) is 0 Å². The molecular weight excluding hydrogens is 241 g/mol. The van der Waals surface area contributed by atoms with E-state index in [0.29, 0.717) is 5.02 Å². The SMILES string of the molecule is Cc1noc2cc(Cl)c(Br)cc12. The van der Waals surface area contributed by atoms with Gasteiger partial charge >= 0.3 is 0 Å². The molecule has 2 nitrogen and oxygen atoms in total. The highest BCUT2D eigenvalue weighted by Gasteiger charge is 2.06. The van der Waals surface area contributed by atoms with Gasteiger partial charge in [0, 0.05) is 15.9 Å². The number of hydrogen-bond donors (Lipinski definition) is 0. The number of rotatable bonds is 0. The van der Waals surface area contributed by atoms with Crippen molar-refractivity contribution >= 4 is 38.5 Å². The van der Waals surface area contributed by atoms with Gasteiger partial charge in [0.15, 0.2) is 5.58 Å². The Morgan fingerprint density at radius 1 is 1.50 bits per heavy atom. The molecule has 0 saturated carbocycles. The summed E-state index contributed by atoms with van der Waals surface area (Å²) in [5.74, 6) is 0. The van der Waals surface area contributed by atoms with Crippen LogP contribution in [0.5, 0.6) is 0 Å². The molecule has 0 fully saturated rings. The van der Waals surface area contributed by atoms with Crippen LogP contribution in [0.2, 0.25) is 5.02 Å². The Kier molecular flexibility index (Phi) is 1.85. The molecule has 0 amide bonds. The van der Waals surface area contributed by atoms with Crippen molar-refractivity contribution in [2.75, 3.05) is 0 Å². The van der Waals surface area contributed by atoms with Crippen LogP contribution in [0.1, 0.15) is 5.69 Å². The molecule has 2 rings (SSSR count). The van der Waals surface area contributed by atoms with Crippen molar-refractivity contribution in [1.29, 1.82) is 0 Å². The highest BCUT2D eigenvalue weighted by molar-refractivity contribution is 9.10. The minimum Gasteiger partial charge on any atom is -0.356 e. The number of fused-ring (bicyclic) bond motifs is 1. The lowest BCUT2D eigenvalue weighted by molar-refractivity contribution is 0.450. The summed E-state index contributed by atoms with van der Waals surface area (Å²) in [6.07, 6.45) is 0. The van der Waals surface area contributed by atoms with Gasteiger partial charge in [-0.15, -0.1) is 0 Å². The van der Waals surface area contributed by atoms with Gasteiger partial charge in [-0.1, -0.05) is 16.8 Å². The van der Waals surface area contributed by atoms with Crippen LogP contribution in [0.15, 0.2) is 21.1 Å². The molecule has 0 radical (unpaired) electrons. The van der Waals surface area contributed by atoms with Gasteiger partial charge in [0.2, 0.25) is 0 Å². The zero-order chi connectivity index (χ0) is 8.72. The van der Waals surface area contributed by atoms with Crippen LogP contribution in [0.25, 0.3) is 11.0 Å². The fourth-order valence-corrected chi connectivity index (χ4v) is 1.55. The Labute approximate surface area is 82.6 Å². The van der Waals surface area contributed by atoms with Gasteiger partial charge in [0.1, 0.15) is 0 Å². The van der Waals surface area contributed by atoms with Gasteiger partial charge in [-0.3, -0.25) is 0 Å². The molecule has 1 aromatic carbocycles. The molecule has 1 heterocycles. The molecule has 0 saturated heterocycles. The van der Waals surface area contributed by atoms with E-state index in [-0.39, 0.29) is 0 Å². The lowest BCUT2D eigenvalue weighted by Gasteiger charge is -1.93. The lowest BCUT2D eigenvalue weighted by atomic mass is 10.2. The van der Waals surface area contributed by atoms with Crippen molar-refractivity contribution in [3.63, 3.8) is 0 Å². The predicted molar refractivity (Wildman–Crippen MR) is 51.5 cm³/mol. The minimum atomic E-state index is 0.638. The van der Waals surface area contributed by atoms with Gasteiger partial charge in [0.25, 0.3) is 0 Å². The van der Waals surface area contributed by atoms with E-state index < -0.39 is 0 Å². The maximum atomic E-state index is 5.86. The topological polar surface area (TPSA) is 26.0 Å². The van der Waals surface area contributed by atoms with E-state index in [4.69, 9.17) is 16.1 Å². The maximum Gasteiger partial charge on any atom is 0.168 e. The first-order chi connectivity index (χ1) is 5.68. The monoisotopic (exact) mass is 245 g/mol. The largest absolute Gasteiger partial charge is 0.356 e. The first-order valence-electron chi connectivity index (χ1n) is 3.39. The molecule has 0 unspecified atom stereocenters. The third-order valence-electron chi connectivity index (χ3n) is 1.69. The zero-order valence-electron chi connectivity index (χ0n) is 6.27. The molecule has 0 atom stereocenters. The second-order valence-corrected chi connectivity index (χ2v) is 3.79. The minimum absolute atomic E-state index is 0.638. The smallest absolute Gasteiger partial charge is 0.168 e. The summed E-state index contributed by atoms with van der Waals surface area (Å²) < 4.78 is 5.89. The Morgan fingerprint density at radius 2 is 2.25 bits per heavy atom. The standard InChI is InChI=1S/C8H5BrClNO/c1-4-5-2-6(9)7(10)3-8(5)12-11-4/h2-3H,1H3. The van der Waals surface area contributed by atoms with Crippen LogP contribution in [-0.4, -0.2) is 5.16 Å². The van der Waals surface area contributed by atoms with Crippen molar-refractivity contribution in [3.8, 4) is 0 Å². The van der Waals surface area contributed by atoms with Gasteiger partial charge in [-0.25, -0.2) is 0 Å². The van der Waals surface area contributed by atoms with Crippen LogP contribution in [0.4, 0.5) is 0 Å². The van der Waals surface area contributed by atoms with E-state index in [0.717, 1.165) is 21.1 Å². The van der Waals surface area contributed by atoms with Crippen molar-refractivity contribution in [1.82, 2.24) is 5.16 Å². The number of benzene rings is 1. The second kappa shape index (κ2) is 2.75. The second-order valence-electron chi connectivity index (χ2n) is 2.53. The van der Waals surface area contributed by atoms with E-state index in [1.807, 2.05) is 13.0 Å². The van der Waals surface area contributed by atoms with E-state index >= 15 is 0 Å². The highest BCUT2D eigenvalue weighted by atomic mass is 79.9. The van der Waals surface area contributed by atoms with E-state index in [2.05, 4.69) is 21.1 Å². The first kappa shape index (κ1) is 8.08. The number of nitrogens with zero attached hydrogens (tertiary/aromatic N) is 1. The van der Waals surface area contributed by atoms with Gasteiger partial charge in [-0.2, -0.15) is 0 Å². The van der Waals surface area contributed by atoms with Gasteiger partial charge in [0.05, 0.1) is 10.7 Å². The van der Waals surface area contributed by atoms with Crippen molar-refractivity contribution in [3.05, 3.63) is 27.3 Å². The zero-order valence-corrected chi connectivity index (χ0v) is 8.61. The Hall–Kier alpha value is -0.540. The fourth-order valence-electron chi connectivity index (χ4n) is 1.05. The fraction of sp³-hybridized carbons (Fsp3) is 0.125. The number of hydrogen-bond acceptors (Lipinski definition) is 2. The number of aromatic nitrogens is 1. The third-order valence-corrected chi connectivity index (χ3v) is 2.89. The normalized spacial score (nSPS) is 10.9. The first-order valence-corrected chi connectivity index (χ1v) is 4.56. The predicted octanol–water partition coefficient (Wildman–Crippen LogP) is 3.55. The van der Waals surface area contributed by atoms with E-state index in [1.54, 1.807) is 6.07 Å². The summed E-state index contributed by atoms with van der Waals surface area (Å²) >= 11 is 9.20. The van der Waals surface area contributed by atoms with Crippen LogP contribution in [-0.2, 0) is 0 Å². The van der Waals surface area contributed by atoms with Crippen LogP contribution >= 0.6 is 27.5 Å². The molecule has 0 aliphatic rings. The summed E-state index contributed by atoms with van der Waals surface area (Å²) in [6.45, 7) is 1.90. The van der Waals surface area contributed by atoms with Crippen molar-refractivity contribution in [2.45, 2.75) is 6.92 Å². The quantitative estimate of drug-likeness (QED) is 0.710. The average molecular weight is 246 g/mol. The lowest BCUT2D eigenvalue weighted by Crippen LogP contribution is -1.72. The molecule has 0 aliphatic heterocycles. The van der Waals surface area contributed by atoms with Crippen molar-refractivity contribution in [2.24, 2.45) is 0 Å². The van der Waals surface area contributed by atoms with E-state index in [1.165, 1.54) is 0 Å². The average Bonchev–Trinajstić information content (AvgIpc) is 2.35. The van der Waals surface area contributed by atoms with E-state index in [9.17, 15) is 0 Å². The van der Waals surface area contributed by atoms with Crippen LogP contribution < -0.4 is 0 Å². The molecule has 4 heteroatoms. The van der Waals surface area contributed by atoms with Crippen LogP contribution in [0, 0.1) is 6.92 Å². The molecule has 0 aliphatic carbocycles. The van der Waals surface area contributed by atoms with Crippen molar-refractivity contribution < 1.29 is 4.52 Å². The molecule has 12 heavy (non-hydrogen) atoms. The summed E-state index contributed by atoms with van der Waals surface area (Å²) in [5, 5.41) is 5.45. The summed E-state index contributed by atoms with van der Waals surface area (Å²) in [4.78, 5) is 0. The number of halogens is 2. The molecule has 0 bridgehead atoms. The summed E-state index contributed by atoms with van der Waals surface area (Å²) in [6, 6.07) is 3.66. The Morgan fingerprint density at radius 3 is 3.00 bits per heavy atom. The summed E-state index contributed by atoms with van der Waals surface area (Å²) in [5.41, 5.74) is 1.60. The molecule has 62 valence electrons. The molecular formula is C8H5BrClNO. The third kappa shape index (κ3) is 1.13. The maximum absolute atomic E-state index is 5.86. The molecule has 0 N–H and O–H groups in total. The summed E-state index contributed by atoms with van der Waals surface area (Å²) in [7, 11) is 0. The number of aryl methyl sites for hydroxylation is 1. The molecule has 2 aromatic rings. The van der Waals surface area contributed by atoms with Gasteiger partial charge in [-0.05, 0) is 28.9 Å². The Bertz CT molecular complexity index is 438. The highest BCUT2D eigenvalue weighted by Crippen LogP contribution is 2.29. The molecule has 0 spiro atoms.